The molecule has 0 bridgehead atoms. The molecule has 33 heavy (non-hydrogen) atoms. The third-order valence-corrected chi connectivity index (χ3v) is 7.82. The second-order valence-corrected chi connectivity index (χ2v) is 10.1. The molecule has 2 aromatic rings. The molecule has 0 aliphatic carbocycles. The van der Waals surface area contributed by atoms with Crippen LogP contribution in [0.2, 0.25) is 0 Å². The number of aryl methyl sites for hydroxylation is 1. The quantitative estimate of drug-likeness (QED) is 0.549. The first-order valence-electron chi connectivity index (χ1n) is 11.0. The predicted molar refractivity (Wildman–Crippen MR) is 131 cm³/mol. The summed E-state index contributed by atoms with van der Waals surface area (Å²) < 4.78 is 43.4. The summed E-state index contributed by atoms with van der Waals surface area (Å²) in [5.41, 5.74) is 11.2. The van der Waals surface area contributed by atoms with E-state index in [1.807, 2.05) is 38.1 Å². The van der Waals surface area contributed by atoms with Crippen molar-refractivity contribution in [2.24, 2.45) is 10.7 Å². The van der Waals surface area contributed by atoms with Crippen LogP contribution in [0.3, 0.4) is 0 Å². The highest BCUT2D eigenvalue weighted by Gasteiger charge is 2.27. The molecule has 176 valence electrons. The fourth-order valence-corrected chi connectivity index (χ4v) is 5.14. The van der Waals surface area contributed by atoms with E-state index in [1.165, 1.54) is 0 Å². The topological polar surface area (TPSA) is 64.7 Å². The SMILES string of the molecule is CC#Cc1cc(-c2cc(C3CS(=O)C(C)C(N)=N3)ccc2C)c(C(C)CC)cc1OC(F)F. The van der Waals surface area contributed by atoms with Gasteiger partial charge in [-0.3, -0.25) is 9.20 Å². The molecule has 4 atom stereocenters. The molecule has 0 fully saturated rings. The van der Waals surface area contributed by atoms with E-state index in [0.717, 1.165) is 34.2 Å². The lowest BCUT2D eigenvalue weighted by Gasteiger charge is -2.25. The second-order valence-electron chi connectivity index (χ2n) is 8.33. The minimum absolute atomic E-state index is 0.0845. The molecule has 0 saturated heterocycles. The number of benzene rings is 2. The monoisotopic (exact) mass is 472 g/mol. The van der Waals surface area contributed by atoms with Gasteiger partial charge < -0.3 is 10.5 Å². The van der Waals surface area contributed by atoms with Gasteiger partial charge in [0.1, 0.15) is 11.6 Å². The van der Waals surface area contributed by atoms with Gasteiger partial charge in [-0.1, -0.05) is 31.9 Å². The van der Waals surface area contributed by atoms with Gasteiger partial charge in [0, 0.05) is 10.8 Å². The van der Waals surface area contributed by atoms with Crippen LogP contribution in [-0.4, -0.2) is 27.7 Å². The number of halogens is 2. The van der Waals surface area contributed by atoms with Gasteiger partial charge in [0.25, 0.3) is 0 Å². The number of nitrogens with two attached hydrogens (primary N) is 1. The van der Waals surface area contributed by atoms with Crippen LogP contribution in [0.4, 0.5) is 8.78 Å². The normalized spacial score (nSPS) is 21.2. The molecule has 1 aliphatic rings. The van der Waals surface area contributed by atoms with Crippen molar-refractivity contribution in [1.82, 2.24) is 0 Å². The van der Waals surface area contributed by atoms with Crippen LogP contribution in [0.5, 0.6) is 5.75 Å². The van der Waals surface area contributed by atoms with E-state index in [0.29, 0.717) is 17.2 Å². The van der Waals surface area contributed by atoms with E-state index in [4.69, 9.17) is 10.5 Å². The fraction of sp³-hybridized carbons (Fsp3) is 0.423. The van der Waals surface area contributed by atoms with Crippen LogP contribution in [-0.2, 0) is 10.8 Å². The minimum Gasteiger partial charge on any atom is -0.433 e. The lowest BCUT2D eigenvalue weighted by Crippen LogP contribution is -2.37. The Morgan fingerprint density at radius 3 is 2.61 bits per heavy atom. The molecule has 0 aromatic heterocycles. The largest absolute Gasteiger partial charge is 0.433 e. The van der Waals surface area contributed by atoms with Gasteiger partial charge in [-0.25, -0.2) is 0 Å². The first kappa shape index (κ1) is 24.9. The predicted octanol–water partition coefficient (Wildman–Crippen LogP) is 5.70. The summed E-state index contributed by atoms with van der Waals surface area (Å²) in [6.45, 7) is 6.68. The first-order chi connectivity index (χ1) is 15.7. The highest BCUT2D eigenvalue weighted by Crippen LogP contribution is 2.39. The lowest BCUT2D eigenvalue weighted by atomic mass is 9.86. The van der Waals surface area contributed by atoms with Crippen molar-refractivity contribution in [2.75, 3.05) is 5.75 Å². The molecular weight excluding hydrogens is 442 g/mol. The highest BCUT2D eigenvalue weighted by atomic mass is 32.2. The Morgan fingerprint density at radius 1 is 1.27 bits per heavy atom. The van der Waals surface area contributed by atoms with Crippen LogP contribution >= 0.6 is 0 Å². The Kier molecular flexibility index (Phi) is 7.91. The molecular formula is C26H30F2N2O2S. The third-order valence-electron chi connectivity index (χ3n) is 6.15. The Bertz CT molecular complexity index is 1150. The van der Waals surface area contributed by atoms with Crippen molar-refractivity contribution in [2.45, 2.75) is 64.9 Å². The average Bonchev–Trinajstić information content (AvgIpc) is 2.77. The second kappa shape index (κ2) is 10.5. The molecule has 0 radical (unpaired) electrons. The standard InChI is InChI=1S/C26H30F2N2O2S/c1-6-8-19-12-22(21(15(3)7-2)13-24(19)32-26(27)28)20-11-18(10-9-16(20)4)23-14-33(31)17(5)25(29)30-23/h9-13,15,17,23,26H,7,14H2,1-5H3,(H2,29,30). The van der Waals surface area contributed by atoms with Crippen LogP contribution in [0, 0.1) is 18.8 Å². The molecule has 0 amide bonds. The molecule has 0 saturated carbocycles. The number of amidine groups is 1. The molecule has 3 rings (SSSR count). The first-order valence-corrected chi connectivity index (χ1v) is 12.4. The van der Waals surface area contributed by atoms with E-state index in [2.05, 4.69) is 30.7 Å². The summed E-state index contributed by atoms with van der Waals surface area (Å²) in [5, 5.41) is -0.249. The van der Waals surface area contributed by atoms with Gasteiger partial charge >= 0.3 is 6.61 Å². The maximum Gasteiger partial charge on any atom is 0.387 e. The van der Waals surface area contributed by atoms with Crippen molar-refractivity contribution in [3.63, 3.8) is 0 Å². The zero-order valence-electron chi connectivity index (χ0n) is 19.6. The van der Waals surface area contributed by atoms with E-state index < -0.39 is 17.4 Å². The Morgan fingerprint density at radius 2 is 2.00 bits per heavy atom. The van der Waals surface area contributed by atoms with Crippen molar-refractivity contribution in [1.29, 1.82) is 0 Å². The molecule has 7 heteroatoms. The average molecular weight is 473 g/mol. The summed E-state index contributed by atoms with van der Waals surface area (Å²) in [6.07, 6.45) is 0.832. The Balaban J connectivity index is 2.20. The minimum atomic E-state index is -2.93. The van der Waals surface area contributed by atoms with E-state index >= 15 is 0 Å². The third kappa shape index (κ3) is 5.44. The van der Waals surface area contributed by atoms with Gasteiger partial charge in [0.05, 0.1) is 22.6 Å². The lowest BCUT2D eigenvalue weighted by molar-refractivity contribution is -0.0500. The maximum atomic E-state index is 13.1. The van der Waals surface area contributed by atoms with Crippen molar-refractivity contribution >= 4 is 16.6 Å². The number of hydrogen-bond acceptors (Lipinski definition) is 4. The van der Waals surface area contributed by atoms with E-state index in [9.17, 15) is 13.0 Å². The van der Waals surface area contributed by atoms with Crippen LogP contribution < -0.4 is 10.5 Å². The van der Waals surface area contributed by atoms with Crippen LogP contribution in [0.15, 0.2) is 35.3 Å². The summed E-state index contributed by atoms with van der Waals surface area (Å²) in [6, 6.07) is 9.27. The summed E-state index contributed by atoms with van der Waals surface area (Å²) >= 11 is 0. The van der Waals surface area contributed by atoms with E-state index in [-0.39, 0.29) is 23.0 Å². The maximum absolute atomic E-state index is 13.1. The fourth-order valence-electron chi connectivity index (χ4n) is 3.95. The number of nitrogens with zero attached hydrogens (tertiary/aromatic N) is 1. The van der Waals surface area contributed by atoms with E-state index in [1.54, 1.807) is 13.0 Å². The van der Waals surface area contributed by atoms with Crippen molar-refractivity contribution in [3.8, 4) is 28.7 Å². The molecule has 0 spiro atoms. The smallest absolute Gasteiger partial charge is 0.387 e. The molecule has 1 heterocycles. The summed E-state index contributed by atoms with van der Waals surface area (Å²) in [4.78, 5) is 4.59. The number of alkyl halides is 2. The zero-order valence-corrected chi connectivity index (χ0v) is 20.4. The summed E-state index contributed by atoms with van der Waals surface area (Å²) in [7, 11) is -1.09. The molecule has 4 unspecified atom stereocenters. The van der Waals surface area contributed by atoms with Gasteiger partial charge in [-0.05, 0) is 79.1 Å². The summed E-state index contributed by atoms with van der Waals surface area (Å²) in [5.74, 6) is 6.71. The van der Waals surface area contributed by atoms with Crippen molar-refractivity contribution in [3.05, 3.63) is 52.6 Å². The van der Waals surface area contributed by atoms with Crippen LogP contribution in [0.25, 0.3) is 11.1 Å². The Hall–Kier alpha value is -2.72. The van der Waals surface area contributed by atoms with Gasteiger partial charge in [-0.15, -0.1) is 5.92 Å². The van der Waals surface area contributed by atoms with Gasteiger partial charge in [-0.2, -0.15) is 8.78 Å². The van der Waals surface area contributed by atoms with Gasteiger partial charge in [0.2, 0.25) is 0 Å². The van der Waals surface area contributed by atoms with Crippen LogP contribution in [0.1, 0.15) is 68.3 Å². The Labute approximate surface area is 197 Å². The highest BCUT2D eigenvalue weighted by molar-refractivity contribution is 7.86. The zero-order chi connectivity index (χ0) is 24.3. The number of rotatable bonds is 6. The molecule has 4 nitrogen and oxygen atoms in total. The number of ether oxygens (including phenoxy) is 1. The molecule has 2 N–H and O–H groups in total. The number of hydrogen-bond donors (Lipinski definition) is 1. The molecule has 1 aliphatic heterocycles. The number of aliphatic imine (C=N–C) groups is 1. The van der Waals surface area contributed by atoms with Gasteiger partial charge in [0.15, 0.2) is 0 Å². The molecule has 2 aromatic carbocycles. The van der Waals surface area contributed by atoms with Crippen molar-refractivity contribution < 1.29 is 17.7 Å².